The molecule has 3 aromatic rings. The van der Waals surface area contributed by atoms with Gasteiger partial charge in [0.25, 0.3) is 0 Å². The number of rotatable bonds is 6. The molecule has 1 aromatic heterocycles. The van der Waals surface area contributed by atoms with E-state index in [1.54, 1.807) is 41.2 Å². The molecule has 1 aliphatic rings. The van der Waals surface area contributed by atoms with E-state index in [0.717, 1.165) is 18.9 Å². The van der Waals surface area contributed by atoms with Gasteiger partial charge in [0.2, 0.25) is 0 Å². The number of nitriles is 1. The van der Waals surface area contributed by atoms with E-state index in [1.165, 1.54) is 18.2 Å². The second-order valence-electron chi connectivity index (χ2n) is 7.25. The minimum Gasteiger partial charge on any atom is -0.478 e. The van der Waals surface area contributed by atoms with E-state index in [2.05, 4.69) is 0 Å². The van der Waals surface area contributed by atoms with Gasteiger partial charge < -0.3 is 9.67 Å². The van der Waals surface area contributed by atoms with Crippen LogP contribution in [0, 0.1) is 17.1 Å². The van der Waals surface area contributed by atoms with Gasteiger partial charge in [0.15, 0.2) is 9.84 Å². The van der Waals surface area contributed by atoms with Crippen LogP contribution >= 0.6 is 0 Å². The normalized spacial score (nSPS) is 13.7. The minimum absolute atomic E-state index is 0.0220. The van der Waals surface area contributed by atoms with Crippen LogP contribution in [-0.2, 0) is 15.6 Å². The van der Waals surface area contributed by atoms with Gasteiger partial charge in [0.1, 0.15) is 11.9 Å². The van der Waals surface area contributed by atoms with Gasteiger partial charge in [-0.15, -0.1) is 0 Å². The second kappa shape index (κ2) is 7.43. The Balaban J connectivity index is 1.84. The Labute approximate surface area is 172 Å². The topological polar surface area (TPSA) is 100 Å². The first-order valence-electron chi connectivity index (χ1n) is 9.26. The molecule has 30 heavy (non-hydrogen) atoms. The summed E-state index contributed by atoms with van der Waals surface area (Å²) in [7, 11) is -3.96. The predicted molar refractivity (Wildman–Crippen MR) is 107 cm³/mol. The standard InChI is InChI=1S/C22H17FN2O4S/c23-19-11-20(25-7-1-2-8-25)17(9-16(19)12-24)13-30(28,29)21-10-15(22(26)27)5-6-18(21)14-3-4-14/h1-2,5-11,14H,3-4,13H2,(H,26,27). The molecule has 152 valence electrons. The van der Waals surface area contributed by atoms with Crippen LogP contribution in [-0.4, -0.2) is 24.1 Å². The monoisotopic (exact) mass is 424 g/mol. The van der Waals surface area contributed by atoms with Crippen molar-refractivity contribution in [3.8, 4) is 11.8 Å². The molecule has 0 atom stereocenters. The van der Waals surface area contributed by atoms with E-state index < -0.39 is 27.4 Å². The number of sulfone groups is 1. The smallest absolute Gasteiger partial charge is 0.335 e. The molecule has 0 amide bonds. The summed E-state index contributed by atoms with van der Waals surface area (Å²) in [6, 6.07) is 11.7. The van der Waals surface area contributed by atoms with E-state index in [1.807, 2.05) is 0 Å². The van der Waals surface area contributed by atoms with Gasteiger partial charge in [0, 0.05) is 12.4 Å². The molecule has 1 N–H and O–H groups in total. The summed E-state index contributed by atoms with van der Waals surface area (Å²) < 4.78 is 42.5. The maximum atomic E-state index is 14.2. The van der Waals surface area contributed by atoms with Gasteiger partial charge in [-0.3, -0.25) is 0 Å². The predicted octanol–water partition coefficient (Wildman–Crippen LogP) is 4.04. The Hall–Kier alpha value is -3.44. The first-order valence-corrected chi connectivity index (χ1v) is 10.9. The van der Waals surface area contributed by atoms with Gasteiger partial charge in [0.05, 0.1) is 27.5 Å². The summed E-state index contributed by atoms with van der Waals surface area (Å²) in [5.74, 6) is -2.35. The fourth-order valence-corrected chi connectivity index (χ4v) is 5.19. The van der Waals surface area contributed by atoms with E-state index in [-0.39, 0.29) is 27.5 Å². The fraction of sp³-hybridized carbons (Fsp3) is 0.182. The second-order valence-corrected chi connectivity index (χ2v) is 9.21. The van der Waals surface area contributed by atoms with Crippen molar-refractivity contribution in [3.63, 3.8) is 0 Å². The highest BCUT2D eigenvalue weighted by Gasteiger charge is 2.32. The summed E-state index contributed by atoms with van der Waals surface area (Å²) in [4.78, 5) is 11.4. The molecule has 0 bridgehead atoms. The number of carboxylic acids is 1. The third-order valence-corrected chi connectivity index (χ3v) is 6.84. The molecule has 2 aromatic carbocycles. The number of benzene rings is 2. The van der Waals surface area contributed by atoms with Crippen LogP contribution in [0.4, 0.5) is 4.39 Å². The molecule has 6 nitrogen and oxygen atoms in total. The summed E-state index contributed by atoms with van der Waals surface area (Å²) in [5.41, 5.74) is 0.803. The van der Waals surface area contributed by atoms with Gasteiger partial charge >= 0.3 is 5.97 Å². The van der Waals surface area contributed by atoms with Crippen molar-refractivity contribution in [1.82, 2.24) is 4.57 Å². The average Bonchev–Trinajstić information content (AvgIpc) is 3.42. The SMILES string of the molecule is N#Cc1cc(CS(=O)(=O)c2cc(C(=O)O)ccc2C2CC2)c(-n2cccc2)cc1F. The average molecular weight is 424 g/mol. The van der Waals surface area contributed by atoms with Crippen LogP contribution in [0.3, 0.4) is 0 Å². The fourth-order valence-electron chi connectivity index (χ4n) is 3.50. The van der Waals surface area contributed by atoms with Gasteiger partial charge in [-0.1, -0.05) is 6.07 Å². The van der Waals surface area contributed by atoms with Crippen LogP contribution in [0.2, 0.25) is 0 Å². The summed E-state index contributed by atoms with van der Waals surface area (Å²) in [6.07, 6.45) is 4.99. The molecule has 4 rings (SSSR count). The molecule has 0 spiro atoms. The molecule has 0 radical (unpaired) electrons. The lowest BCUT2D eigenvalue weighted by Crippen LogP contribution is -2.12. The molecule has 8 heteroatoms. The zero-order valence-electron chi connectivity index (χ0n) is 15.7. The molecule has 0 aliphatic heterocycles. The van der Waals surface area contributed by atoms with E-state index in [4.69, 9.17) is 0 Å². The molecule has 0 unspecified atom stereocenters. The Morgan fingerprint density at radius 3 is 2.50 bits per heavy atom. The van der Waals surface area contributed by atoms with Crippen LogP contribution in [0.5, 0.6) is 0 Å². The number of aromatic carboxylic acids is 1. The van der Waals surface area contributed by atoms with Crippen LogP contribution < -0.4 is 0 Å². The quantitative estimate of drug-likeness (QED) is 0.644. The van der Waals surface area contributed by atoms with E-state index in [0.29, 0.717) is 11.3 Å². The highest BCUT2D eigenvalue weighted by Crippen LogP contribution is 2.43. The first kappa shape index (κ1) is 19.9. The van der Waals surface area contributed by atoms with Crippen LogP contribution in [0.1, 0.15) is 45.8 Å². The number of hydrogen-bond donors (Lipinski definition) is 1. The number of carbonyl (C=O) groups is 1. The van der Waals surface area contributed by atoms with Crippen molar-refractivity contribution in [2.24, 2.45) is 0 Å². The van der Waals surface area contributed by atoms with Crippen molar-refractivity contribution in [3.05, 3.63) is 82.9 Å². The zero-order valence-corrected chi connectivity index (χ0v) is 16.6. The third-order valence-electron chi connectivity index (χ3n) is 5.13. The molecule has 1 aliphatic carbocycles. The van der Waals surface area contributed by atoms with Gasteiger partial charge in [-0.2, -0.15) is 5.26 Å². The Morgan fingerprint density at radius 2 is 1.90 bits per heavy atom. The van der Waals surface area contributed by atoms with Gasteiger partial charge in [-0.25, -0.2) is 17.6 Å². The molecule has 1 fully saturated rings. The summed E-state index contributed by atoms with van der Waals surface area (Å²) >= 11 is 0. The number of nitrogens with zero attached hydrogens (tertiary/aromatic N) is 2. The van der Waals surface area contributed by atoms with Crippen molar-refractivity contribution < 1.29 is 22.7 Å². The van der Waals surface area contributed by atoms with Gasteiger partial charge in [-0.05, 0) is 66.3 Å². The molecule has 1 heterocycles. The van der Waals surface area contributed by atoms with E-state index >= 15 is 0 Å². The summed E-state index contributed by atoms with van der Waals surface area (Å²) in [5, 5.41) is 18.5. The van der Waals surface area contributed by atoms with Crippen LogP contribution in [0.25, 0.3) is 5.69 Å². The molecule has 1 saturated carbocycles. The number of hydrogen-bond acceptors (Lipinski definition) is 4. The third kappa shape index (κ3) is 3.72. The Morgan fingerprint density at radius 1 is 1.20 bits per heavy atom. The highest BCUT2D eigenvalue weighted by molar-refractivity contribution is 7.90. The number of halogens is 1. The maximum Gasteiger partial charge on any atom is 0.335 e. The van der Waals surface area contributed by atoms with Crippen molar-refractivity contribution >= 4 is 15.8 Å². The first-order chi connectivity index (χ1) is 14.3. The maximum absolute atomic E-state index is 14.2. The lowest BCUT2D eigenvalue weighted by molar-refractivity contribution is 0.0696. The largest absolute Gasteiger partial charge is 0.478 e. The van der Waals surface area contributed by atoms with Crippen molar-refractivity contribution in [2.45, 2.75) is 29.4 Å². The van der Waals surface area contributed by atoms with Crippen LogP contribution in [0.15, 0.2) is 59.8 Å². The number of aromatic nitrogens is 1. The molecular weight excluding hydrogens is 407 g/mol. The van der Waals surface area contributed by atoms with Crippen molar-refractivity contribution in [2.75, 3.05) is 0 Å². The highest BCUT2D eigenvalue weighted by atomic mass is 32.2. The van der Waals surface area contributed by atoms with Crippen molar-refractivity contribution in [1.29, 1.82) is 5.26 Å². The lowest BCUT2D eigenvalue weighted by atomic mass is 10.1. The Bertz CT molecular complexity index is 1290. The lowest BCUT2D eigenvalue weighted by Gasteiger charge is -2.15. The minimum atomic E-state index is -3.96. The summed E-state index contributed by atoms with van der Waals surface area (Å²) in [6.45, 7) is 0. The zero-order chi connectivity index (χ0) is 21.5. The molecule has 0 saturated heterocycles. The van der Waals surface area contributed by atoms with E-state index in [9.17, 15) is 28.0 Å². The number of carboxylic acid groups (broad SMARTS) is 1. The molecular formula is C22H17FN2O4S. The Kier molecular flexibility index (Phi) is 4.92.